The second kappa shape index (κ2) is 7.96. The van der Waals surface area contributed by atoms with Crippen molar-refractivity contribution in [1.82, 2.24) is 9.62 Å². The highest BCUT2D eigenvalue weighted by atomic mass is 35.5. The smallest absolute Gasteiger partial charge is 0.243 e. The minimum Gasteiger partial charge on any atom is -0.351 e. The van der Waals surface area contributed by atoms with Crippen LogP contribution < -0.4 is 5.32 Å². The Bertz CT molecular complexity index is 948. The summed E-state index contributed by atoms with van der Waals surface area (Å²) < 4.78 is 40.3. The zero-order chi connectivity index (χ0) is 19.6. The summed E-state index contributed by atoms with van der Waals surface area (Å²) in [5.41, 5.74) is 1.25. The molecule has 0 unspecified atom stereocenters. The monoisotopic (exact) mass is 410 g/mol. The predicted molar refractivity (Wildman–Crippen MR) is 101 cm³/mol. The fourth-order valence-electron chi connectivity index (χ4n) is 3.16. The molecule has 144 valence electrons. The van der Waals surface area contributed by atoms with Crippen LogP contribution in [0.5, 0.6) is 0 Å². The van der Waals surface area contributed by atoms with Crippen LogP contribution in [0.1, 0.15) is 24.0 Å². The van der Waals surface area contributed by atoms with Crippen molar-refractivity contribution < 1.29 is 17.6 Å². The van der Waals surface area contributed by atoms with Crippen LogP contribution in [-0.2, 0) is 21.4 Å². The molecule has 27 heavy (non-hydrogen) atoms. The van der Waals surface area contributed by atoms with Crippen LogP contribution in [0.4, 0.5) is 4.39 Å². The summed E-state index contributed by atoms with van der Waals surface area (Å²) in [5.74, 6) is -0.659. The molecule has 1 amide bonds. The lowest BCUT2D eigenvalue weighted by Crippen LogP contribution is -2.45. The number of carbonyl (C=O) groups is 1. The first-order chi connectivity index (χ1) is 12.8. The fourth-order valence-corrected chi connectivity index (χ4v) is 4.94. The third-order valence-corrected chi connectivity index (χ3v) is 6.79. The molecule has 1 aliphatic heterocycles. The first-order valence-corrected chi connectivity index (χ1v) is 10.4. The van der Waals surface area contributed by atoms with E-state index in [0.717, 1.165) is 5.56 Å². The summed E-state index contributed by atoms with van der Waals surface area (Å²) in [5, 5.41) is 3.21. The van der Waals surface area contributed by atoms with Gasteiger partial charge in [-0.2, -0.15) is 4.31 Å². The molecule has 0 radical (unpaired) electrons. The van der Waals surface area contributed by atoms with Crippen molar-refractivity contribution in [2.75, 3.05) is 6.54 Å². The van der Waals surface area contributed by atoms with Gasteiger partial charge in [0.05, 0.1) is 4.90 Å². The van der Waals surface area contributed by atoms with E-state index in [-0.39, 0.29) is 23.2 Å². The zero-order valence-electron chi connectivity index (χ0n) is 14.8. The number of nitrogens with zero attached hydrogens (tertiary/aromatic N) is 1. The van der Waals surface area contributed by atoms with Crippen LogP contribution in [0.3, 0.4) is 0 Å². The van der Waals surface area contributed by atoms with Crippen LogP contribution in [-0.4, -0.2) is 31.2 Å². The van der Waals surface area contributed by atoms with Crippen molar-refractivity contribution in [3.63, 3.8) is 0 Å². The summed E-state index contributed by atoms with van der Waals surface area (Å²) in [7, 11) is -3.78. The summed E-state index contributed by atoms with van der Waals surface area (Å²) in [6, 6.07) is 9.74. The van der Waals surface area contributed by atoms with E-state index in [1.54, 1.807) is 19.1 Å². The van der Waals surface area contributed by atoms with Crippen molar-refractivity contribution in [3.05, 3.63) is 64.4 Å². The number of benzene rings is 2. The Morgan fingerprint density at radius 1 is 1.26 bits per heavy atom. The van der Waals surface area contributed by atoms with Gasteiger partial charge in [-0.1, -0.05) is 23.7 Å². The van der Waals surface area contributed by atoms with Gasteiger partial charge in [-0.15, -0.1) is 0 Å². The second-order valence-corrected chi connectivity index (χ2v) is 8.86. The third-order valence-electron chi connectivity index (χ3n) is 4.62. The zero-order valence-corrected chi connectivity index (χ0v) is 16.4. The predicted octanol–water partition coefficient (Wildman–Crippen LogP) is 3.26. The number of rotatable bonds is 5. The third kappa shape index (κ3) is 4.31. The number of aryl methyl sites for hydroxylation is 1. The molecular weight excluding hydrogens is 391 g/mol. The lowest BCUT2D eigenvalue weighted by Gasteiger charge is -2.23. The Morgan fingerprint density at radius 3 is 2.63 bits per heavy atom. The van der Waals surface area contributed by atoms with Crippen molar-refractivity contribution >= 4 is 27.5 Å². The van der Waals surface area contributed by atoms with Gasteiger partial charge in [0.2, 0.25) is 15.9 Å². The topological polar surface area (TPSA) is 66.5 Å². The normalized spacial score (nSPS) is 17.8. The first-order valence-electron chi connectivity index (χ1n) is 8.59. The van der Waals surface area contributed by atoms with E-state index in [9.17, 15) is 17.6 Å². The van der Waals surface area contributed by atoms with E-state index >= 15 is 0 Å². The largest absolute Gasteiger partial charge is 0.351 e. The SMILES string of the molecule is Cc1cc(CNC(=O)[C@@H]2CCCN2S(=O)(=O)c2ccc(Cl)cc2)ccc1F. The van der Waals surface area contributed by atoms with E-state index in [1.807, 2.05) is 0 Å². The molecule has 0 saturated carbocycles. The highest BCUT2D eigenvalue weighted by Gasteiger charge is 2.39. The minimum absolute atomic E-state index is 0.112. The maximum Gasteiger partial charge on any atom is 0.243 e. The molecule has 0 aliphatic carbocycles. The average molecular weight is 411 g/mol. The average Bonchev–Trinajstić information content (AvgIpc) is 3.13. The highest BCUT2D eigenvalue weighted by Crippen LogP contribution is 2.27. The molecular formula is C19H20ClFN2O3S. The number of amides is 1. The summed E-state index contributed by atoms with van der Waals surface area (Å²) in [6.45, 7) is 2.15. The molecule has 5 nitrogen and oxygen atoms in total. The van der Waals surface area contributed by atoms with Gasteiger partial charge in [0.1, 0.15) is 11.9 Å². The Balaban J connectivity index is 1.72. The van der Waals surface area contributed by atoms with Crippen molar-refractivity contribution in [1.29, 1.82) is 0 Å². The molecule has 2 aromatic rings. The number of sulfonamides is 1. The first kappa shape index (κ1) is 19.8. The maximum atomic E-state index is 13.3. The molecule has 1 N–H and O–H groups in total. The standard InChI is InChI=1S/C19H20ClFN2O3S/c1-13-11-14(4-9-17(13)21)12-22-19(24)18-3-2-10-23(18)27(25,26)16-7-5-15(20)6-8-16/h4-9,11,18H,2-3,10,12H2,1H3,(H,22,24)/t18-/m0/s1. The van der Waals surface area contributed by atoms with Gasteiger partial charge in [0.25, 0.3) is 0 Å². The molecule has 0 aromatic heterocycles. The van der Waals surface area contributed by atoms with Gasteiger partial charge in [-0.25, -0.2) is 12.8 Å². The highest BCUT2D eigenvalue weighted by molar-refractivity contribution is 7.89. The van der Waals surface area contributed by atoms with E-state index in [1.165, 1.54) is 34.6 Å². The summed E-state index contributed by atoms with van der Waals surface area (Å²) in [4.78, 5) is 12.7. The van der Waals surface area contributed by atoms with Crippen LogP contribution in [0.25, 0.3) is 0 Å². The molecule has 1 heterocycles. The van der Waals surface area contributed by atoms with Gasteiger partial charge in [-0.05, 0) is 61.2 Å². The molecule has 1 atom stereocenters. The second-order valence-electron chi connectivity index (χ2n) is 6.53. The quantitative estimate of drug-likeness (QED) is 0.822. The van der Waals surface area contributed by atoms with E-state index in [4.69, 9.17) is 11.6 Å². The van der Waals surface area contributed by atoms with Crippen molar-refractivity contribution in [2.45, 2.75) is 37.2 Å². The number of hydrogen-bond acceptors (Lipinski definition) is 3. The van der Waals surface area contributed by atoms with Gasteiger partial charge < -0.3 is 5.32 Å². The van der Waals surface area contributed by atoms with E-state index in [2.05, 4.69) is 5.32 Å². The van der Waals surface area contributed by atoms with E-state index < -0.39 is 16.1 Å². The molecule has 8 heteroatoms. The number of carbonyl (C=O) groups excluding carboxylic acids is 1. The minimum atomic E-state index is -3.78. The molecule has 0 spiro atoms. The molecule has 1 aliphatic rings. The van der Waals surface area contributed by atoms with Crippen LogP contribution in [0.2, 0.25) is 5.02 Å². The van der Waals surface area contributed by atoms with Crippen molar-refractivity contribution in [3.8, 4) is 0 Å². The number of halogens is 2. The van der Waals surface area contributed by atoms with Gasteiger partial charge in [0, 0.05) is 18.1 Å². The molecule has 0 bridgehead atoms. The number of hydrogen-bond donors (Lipinski definition) is 1. The molecule has 1 fully saturated rings. The Hall–Kier alpha value is -1.96. The maximum absolute atomic E-state index is 13.3. The summed E-state index contributed by atoms with van der Waals surface area (Å²) >= 11 is 5.82. The van der Waals surface area contributed by atoms with Crippen molar-refractivity contribution in [2.24, 2.45) is 0 Å². The molecule has 2 aromatic carbocycles. The fraction of sp³-hybridized carbons (Fsp3) is 0.316. The summed E-state index contributed by atoms with van der Waals surface area (Å²) in [6.07, 6.45) is 1.07. The lowest BCUT2D eigenvalue weighted by molar-refractivity contribution is -0.124. The van der Waals surface area contributed by atoms with Gasteiger partial charge in [-0.3, -0.25) is 4.79 Å². The van der Waals surface area contributed by atoms with Crippen LogP contribution in [0.15, 0.2) is 47.4 Å². The Morgan fingerprint density at radius 2 is 1.96 bits per heavy atom. The Labute approximate surface area is 163 Å². The van der Waals surface area contributed by atoms with E-state index in [0.29, 0.717) is 30.0 Å². The van der Waals surface area contributed by atoms with Crippen LogP contribution >= 0.6 is 11.6 Å². The van der Waals surface area contributed by atoms with Gasteiger partial charge >= 0.3 is 0 Å². The Kier molecular flexibility index (Phi) is 5.83. The number of nitrogens with one attached hydrogen (secondary N) is 1. The lowest BCUT2D eigenvalue weighted by atomic mass is 10.1. The molecule has 1 saturated heterocycles. The van der Waals surface area contributed by atoms with Crippen LogP contribution in [0, 0.1) is 12.7 Å². The molecule has 3 rings (SSSR count). The van der Waals surface area contributed by atoms with Gasteiger partial charge in [0.15, 0.2) is 0 Å².